The van der Waals surface area contributed by atoms with Gasteiger partial charge in [0.05, 0.1) is 6.04 Å². The fraction of sp³-hybridized carbons (Fsp3) is 0.667. The van der Waals surface area contributed by atoms with Crippen LogP contribution in [0.3, 0.4) is 0 Å². The van der Waals surface area contributed by atoms with Gasteiger partial charge in [0.25, 0.3) is 0 Å². The van der Waals surface area contributed by atoms with Crippen LogP contribution in [0.15, 0.2) is 0 Å². The molecule has 1 fully saturated rings. The van der Waals surface area contributed by atoms with E-state index >= 15 is 0 Å². The van der Waals surface area contributed by atoms with Crippen molar-refractivity contribution in [1.29, 1.82) is 0 Å². The Labute approximate surface area is 89.3 Å². The molecule has 1 aliphatic heterocycles. The second-order valence-corrected chi connectivity index (χ2v) is 4.78. The fourth-order valence-corrected chi connectivity index (χ4v) is 2.00. The highest BCUT2D eigenvalue weighted by Crippen LogP contribution is 2.15. The van der Waals surface area contributed by atoms with Crippen LogP contribution in [0, 0.1) is 12.3 Å². The van der Waals surface area contributed by atoms with Crippen LogP contribution in [0.4, 0.5) is 0 Å². The van der Waals surface area contributed by atoms with E-state index in [1.165, 1.54) is 0 Å². The van der Waals surface area contributed by atoms with Gasteiger partial charge in [-0.15, -0.1) is 6.42 Å². The van der Waals surface area contributed by atoms with Crippen LogP contribution < -0.4 is 0 Å². The van der Waals surface area contributed by atoms with Gasteiger partial charge in [-0.25, -0.2) is 6.23 Å². The van der Waals surface area contributed by atoms with Gasteiger partial charge in [-0.2, -0.15) is 0 Å². The lowest BCUT2D eigenvalue weighted by Crippen LogP contribution is -2.44. The summed E-state index contributed by atoms with van der Waals surface area (Å²) in [7, 11) is 0. The monoisotopic (exact) mass is 362 g/mol. The normalized spacial score (nSPS) is 29.9. The number of rotatable bonds is 0. The Kier molecular flexibility index (Phi) is 3.69. The zero-order chi connectivity index (χ0) is 7.56. The maximum absolute atomic E-state index is 5.33. The smallest absolute Gasteiger partial charge is 0.0935 e. The second kappa shape index (κ2) is 4.09. The molecule has 0 N–H and O–H groups in total. The van der Waals surface area contributed by atoms with E-state index in [1.807, 2.05) is 0 Å². The van der Waals surface area contributed by atoms with Crippen LogP contribution in [0.25, 0.3) is 0 Å². The van der Waals surface area contributed by atoms with E-state index in [4.69, 9.17) is 6.42 Å². The van der Waals surface area contributed by atoms with Crippen molar-refractivity contribution in [3.63, 3.8) is 0 Å². The summed E-state index contributed by atoms with van der Waals surface area (Å²) >= 11 is 4.60. The van der Waals surface area contributed by atoms with Crippen LogP contribution >= 0.6 is 45.7 Å². The number of nitrogens with zero attached hydrogens (tertiary/aromatic N) is 2. The van der Waals surface area contributed by atoms with E-state index in [2.05, 4.69) is 57.9 Å². The first-order valence-electron chi connectivity index (χ1n) is 3.03. The highest BCUT2D eigenvalue weighted by molar-refractivity contribution is 14.1. The molecule has 1 rings (SSSR count). The van der Waals surface area contributed by atoms with Crippen molar-refractivity contribution >= 4 is 45.7 Å². The Hall–Kier alpha value is 0.940. The standard InChI is InChI=1S/C6H8I2N2/c1-2-6-5-9(7)3-4-10(6)8/h1,6H,3-5H2/t6-/m0/s1. The molecule has 0 amide bonds. The molecule has 56 valence electrons. The van der Waals surface area contributed by atoms with Gasteiger partial charge in [0, 0.05) is 65.4 Å². The number of hydrogen-bond donors (Lipinski definition) is 0. The van der Waals surface area contributed by atoms with E-state index in [9.17, 15) is 0 Å². The molecule has 0 saturated carbocycles. The van der Waals surface area contributed by atoms with Crippen molar-refractivity contribution < 1.29 is 0 Å². The number of terminal acetylenes is 1. The summed E-state index contributed by atoms with van der Waals surface area (Å²) in [6.07, 6.45) is 5.33. The Morgan fingerprint density at radius 2 is 2.10 bits per heavy atom. The van der Waals surface area contributed by atoms with Crippen molar-refractivity contribution in [3.8, 4) is 12.3 Å². The summed E-state index contributed by atoms with van der Waals surface area (Å²) in [5.74, 6) is 2.76. The number of piperazine rings is 1. The molecule has 2 nitrogen and oxygen atoms in total. The topological polar surface area (TPSA) is 6.48 Å². The summed E-state index contributed by atoms with van der Waals surface area (Å²) in [5, 5.41) is 0. The molecule has 1 heterocycles. The third-order valence-corrected chi connectivity index (χ3v) is 3.49. The van der Waals surface area contributed by atoms with Crippen molar-refractivity contribution in [2.45, 2.75) is 6.04 Å². The molecule has 0 aromatic heterocycles. The Morgan fingerprint density at radius 3 is 2.60 bits per heavy atom. The molecule has 0 spiro atoms. The first kappa shape index (κ1) is 9.03. The highest BCUT2D eigenvalue weighted by Gasteiger charge is 2.21. The van der Waals surface area contributed by atoms with E-state index < -0.39 is 0 Å². The van der Waals surface area contributed by atoms with Crippen LogP contribution in [0.1, 0.15) is 0 Å². The van der Waals surface area contributed by atoms with E-state index in [0.29, 0.717) is 6.04 Å². The molecule has 0 aliphatic carbocycles. The zero-order valence-electron chi connectivity index (χ0n) is 5.43. The second-order valence-electron chi connectivity index (χ2n) is 2.17. The minimum Gasteiger partial charge on any atom is -0.244 e. The van der Waals surface area contributed by atoms with E-state index in [1.54, 1.807) is 0 Å². The highest BCUT2D eigenvalue weighted by atomic mass is 127. The maximum atomic E-state index is 5.33. The van der Waals surface area contributed by atoms with Crippen LogP contribution in [-0.4, -0.2) is 31.9 Å². The largest absolute Gasteiger partial charge is 0.244 e. The lowest BCUT2D eigenvalue weighted by Gasteiger charge is -2.31. The van der Waals surface area contributed by atoms with Crippen LogP contribution in [-0.2, 0) is 0 Å². The van der Waals surface area contributed by atoms with Gasteiger partial charge < -0.3 is 0 Å². The van der Waals surface area contributed by atoms with Crippen molar-refractivity contribution in [2.75, 3.05) is 19.6 Å². The molecule has 0 radical (unpaired) electrons. The number of hydrogen-bond acceptors (Lipinski definition) is 2. The Bertz CT molecular complexity index is 154. The summed E-state index contributed by atoms with van der Waals surface area (Å²) in [6.45, 7) is 3.17. The quantitative estimate of drug-likeness (QED) is 0.364. The van der Waals surface area contributed by atoms with E-state index in [-0.39, 0.29) is 0 Å². The molecule has 1 aliphatic rings. The SMILES string of the molecule is C#C[C@H]1CN(I)CCN1I. The lowest BCUT2D eigenvalue weighted by molar-refractivity contribution is 0.302. The summed E-state index contributed by atoms with van der Waals surface area (Å²) in [6, 6.07) is 0.297. The molecule has 0 unspecified atom stereocenters. The minimum absolute atomic E-state index is 0.297. The number of halogens is 2. The molecular formula is C6H8I2N2. The first-order valence-corrected chi connectivity index (χ1v) is 4.96. The third-order valence-electron chi connectivity index (χ3n) is 1.46. The van der Waals surface area contributed by atoms with Crippen LogP contribution in [0.5, 0.6) is 0 Å². The molecule has 0 aromatic carbocycles. The first-order chi connectivity index (χ1) is 4.74. The lowest BCUT2D eigenvalue weighted by atomic mass is 10.2. The van der Waals surface area contributed by atoms with Crippen LogP contribution in [0.2, 0.25) is 0 Å². The van der Waals surface area contributed by atoms with Gasteiger partial charge in [-0.3, -0.25) is 0 Å². The summed E-state index contributed by atoms with van der Waals surface area (Å²) in [5.41, 5.74) is 0. The Morgan fingerprint density at radius 1 is 1.40 bits per heavy atom. The summed E-state index contributed by atoms with van der Waals surface area (Å²) in [4.78, 5) is 0. The van der Waals surface area contributed by atoms with Gasteiger partial charge in [0.15, 0.2) is 0 Å². The maximum Gasteiger partial charge on any atom is 0.0935 e. The molecular weight excluding hydrogens is 354 g/mol. The molecule has 4 heteroatoms. The van der Waals surface area contributed by atoms with Gasteiger partial charge in [0.1, 0.15) is 0 Å². The van der Waals surface area contributed by atoms with Crippen molar-refractivity contribution in [1.82, 2.24) is 6.23 Å². The molecule has 10 heavy (non-hydrogen) atoms. The van der Waals surface area contributed by atoms with E-state index in [0.717, 1.165) is 19.6 Å². The van der Waals surface area contributed by atoms with Gasteiger partial charge in [0.2, 0.25) is 0 Å². The molecule has 0 aromatic rings. The Balaban J connectivity index is 2.47. The molecule has 0 bridgehead atoms. The van der Waals surface area contributed by atoms with Gasteiger partial charge in [-0.1, -0.05) is 5.92 Å². The predicted octanol–water partition coefficient (Wildman–Crippen LogP) is 1.31. The average Bonchev–Trinajstić information content (AvgIpc) is 1.94. The summed E-state index contributed by atoms with van der Waals surface area (Å²) < 4.78 is 4.42. The zero-order valence-corrected chi connectivity index (χ0v) is 9.74. The van der Waals surface area contributed by atoms with Gasteiger partial charge in [-0.05, 0) is 0 Å². The third kappa shape index (κ3) is 2.22. The van der Waals surface area contributed by atoms with Gasteiger partial charge >= 0.3 is 0 Å². The molecule has 1 atom stereocenters. The minimum atomic E-state index is 0.297. The molecule has 1 saturated heterocycles. The van der Waals surface area contributed by atoms with Crippen molar-refractivity contribution in [3.05, 3.63) is 0 Å². The average molecular weight is 362 g/mol. The fourth-order valence-electron chi connectivity index (χ4n) is 0.861. The van der Waals surface area contributed by atoms with Crippen molar-refractivity contribution in [2.24, 2.45) is 0 Å². The predicted molar refractivity (Wildman–Crippen MR) is 58.9 cm³/mol.